The molecule has 76 valence electrons. The molecule has 0 saturated heterocycles. The molecule has 0 aromatic heterocycles. The van der Waals surface area contributed by atoms with Crippen LogP contribution in [0.2, 0.25) is 0 Å². The summed E-state index contributed by atoms with van der Waals surface area (Å²) in [6.07, 6.45) is 0. The van der Waals surface area contributed by atoms with E-state index in [-0.39, 0.29) is 11.9 Å². The Morgan fingerprint density at radius 1 is 0.800 bits per heavy atom. The number of hydrogen-bond acceptors (Lipinski definition) is 2. The maximum atomic E-state index is 10.2. The normalized spacial score (nSPS) is 9.87. The van der Waals surface area contributed by atoms with E-state index < -0.39 is 0 Å². The van der Waals surface area contributed by atoms with Gasteiger partial charge >= 0.3 is 0 Å². The molecule has 2 aromatic carbocycles. The molecule has 0 N–H and O–H groups in total. The van der Waals surface area contributed by atoms with Gasteiger partial charge in [-0.2, -0.15) is 0 Å². The Morgan fingerprint density at radius 2 is 1.40 bits per heavy atom. The lowest BCUT2D eigenvalue weighted by molar-refractivity contribution is 0.582. The van der Waals surface area contributed by atoms with E-state index in [0.717, 1.165) is 11.1 Å². The molecule has 0 heterocycles. The maximum Gasteiger partial charge on any atom is 0.193 e. The summed E-state index contributed by atoms with van der Waals surface area (Å²) in [5.74, 6) is 0.603. The molecule has 0 saturated carbocycles. The van der Waals surface area contributed by atoms with E-state index in [1.54, 1.807) is 12.1 Å². The number of hydrogen-bond donors (Lipinski definition) is 1. The molecule has 2 rings (SSSR count). The molecular weight excluding hydrogens is 208 g/mol. The first-order valence-corrected chi connectivity index (χ1v) is 5.28. The van der Waals surface area contributed by atoms with Crippen molar-refractivity contribution in [1.29, 1.82) is 0 Å². The van der Waals surface area contributed by atoms with Crippen LogP contribution < -0.4 is 4.18 Å². The summed E-state index contributed by atoms with van der Waals surface area (Å²) in [6.45, 7) is 0. The quantitative estimate of drug-likeness (QED) is 0.801. The second kappa shape index (κ2) is 4.75. The van der Waals surface area contributed by atoms with Crippen LogP contribution in [0, 0.1) is 0 Å². The van der Waals surface area contributed by atoms with Gasteiger partial charge in [0.2, 0.25) is 0 Å². The average Bonchev–Trinajstić information content (AvgIpc) is 2.32. The fourth-order valence-electron chi connectivity index (χ4n) is 1.38. The van der Waals surface area contributed by atoms with Crippen LogP contribution in [0.1, 0.15) is 0 Å². The van der Waals surface area contributed by atoms with Crippen LogP contribution in [0.4, 0.5) is 0 Å². The summed E-state index contributed by atoms with van der Waals surface area (Å²) >= 11 is -0.323. The van der Waals surface area contributed by atoms with Crippen molar-refractivity contribution in [2.24, 2.45) is 0 Å². The summed E-state index contributed by atoms with van der Waals surface area (Å²) in [6, 6.07) is 17.5. The van der Waals surface area contributed by atoms with E-state index in [1.165, 1.54) is 0 Å². The lowest BCUT2D eigenvalue weighted by Gasteiger charge is -2.02. The van der Waals surface area contributed by atoms with Crippen LogP contribution in [0.25, 0.3) is 11.1 Å². The molecule has 0 fully saturated rings. The second-order valence-corrected chi connectivity index (χ2v) is 3.39. The first kappa shape index (κ1) is 9.93. The first-order chi connectivity index (χ1) is 7.40. The minimum Gasteiger partial charge on any atom is -0.403 e. The molecule has 3 heteroatoms. The van der Waals surface area contributed by atoms with Gasteiger partial charge in [-0.05, 0) is 23.3 Å². The Kier molecular flexibility index (Phi) is 3.15. The molecule has 0 bridgehead atoms. The number of benzene rings is 2. The number of thiol groups is 1. The van der Waals surface area contributed by atoms with E-state index >= 15 is 0 Å². The van der Waals surface area contributed by atoms with Crippen LogP contribution in [-0.2, 0) is 11.9 Å². The van der Waals surface area contributed by atoms with Crippen LogP contribution in [0.15, 0.2) is 54.6 Å². The number of rotatable bonds is 3. The van der Waals surface area contributed by atoms with Crippen molar-refractivity contribution in [2.45, 2.75) is 0 Å². The highest BCUT2D eigenvalue weighted by Gasteiger charge is 1.96. The minimum absolute atomic E-state index is 0.323. The van der Waals surface area contributed by atoms with Crippen molar-refractivity contribution >= 4 is 11.9 Å². The summed E-state index contributed by atoms with van der Waals surface area (Å²) in [4.78, 5) is 0. The zero-order valence-corrected chi connectivity index (χ0v) is 8.85. The highest BCUT2D eigenvalue weighted by molar-refractivity contribution is 7.60. The SMILES string of the molecule is O=[SH]Oc1ccc(-c2ccccc2)cc1. The Morgan fingerprint density at radius 3 is 2.00 bits per heavy atom. The smallest absolute Gasteiger partial charge is 0.193 e. The fraction of sp³-hybridized carbons (Fsp3) is 0. The van der Waals surface area contributed by atoms with Crippen molar-refractivity contribution in [3.8, 4) is 16.9 Å². The lowest BCUT2D eigenvalue weighted by atomic mass is 10.1. The van der Waals surface area contributed by atoms with Gasteiger partial charge in [0.05, 0.1) is 0 Å². The third-order valence-electron chi connectivity index (χ3n) is 2.10. The molecule has 15 heavy (non-hydrogen) atoms. The van der Waals surface area contributed by atoms with Gasteiger partial charge in [-0.15, -0.1) is 0 Å². The molecule has 2 nitrogen and oxygen atoms in total. The zero-order chi connectivity index (χ0) is 10.5. The standard InChI is InChI=1S/C12H10O2S/c13-15-14-12-8-6-11(7-9-12)10-4-2-1-3-5-10/h1-9,15H. The van der Waals surface area contributed by atoms with Gasteiger partial charge in [-0.1, -0.05) is 42.5 Å². The van der Waals surface area contributed by atoms with E-state index in [4.69, 9.17) is 4.18 Å². The maximum absolute atomic E-state index is 10.2. The van der Waals surface area contributed by atoms with Crippen molar-refractivity contribution < 1.29 is 8.39 Å². The molecule has 0 amide bonds. The van der Waals surface area contributed by atoms with Crippen LogP contribution in [0.5, 0.6) is 5.75 Å². The second-order valence-electron chi connectivity index (χ2n) is 3.06. The third kappa shape index (κ3) is 2.44. The summed E-state index contributed by atoms with van der Waals surface area (Å²) in [7, 11) is 0. The summed E-state index contributed by atoms with van der Waals surface area (Å²) in [5, 5.41) is 0. The predicted molar refractivity (Wildman–Crippen MR) is 62.0 cm³/mol. The lowest BCUT2D eigenvalue weighted by Crippen LogP contribution is -1.83. The van der Waals surface area contributed by atoms with Crippen LogP contribution >= 0.6 is 0 Å². The first-order valence-electron chi connectivity index (χ1n) is 4.55. The monoisotopic (exact) mass is 218 g/mol. The zero-order valence-electron chi connectivity index (χ0n) is 7.96. The molecule has 0 atom stereocenters. The topological polar surface area (TPSA) is 26.3 Å². The van der Waals surface area contributed by atoms with E-state index in [1.807, 2.05) is 42.5 Å². The van der Waals surface area contributed by atoms with Crippen molar-refractivity contribution in [3.05, 3.63) is 54.6 Å². The van der Waals surface area contributed by atoms with Crippen LogP contribution in [-0.4, -0.2) is 4.21 Å². The van der Waals surface area contributed by atoms with Gasteiger partial charge in [0.25, 0.3) is 0 Å². The Labute approximate surface area is 92.2 Å². The van der Waals surface area contributed by atoms with Crippen molar-refractivity contribution in [2.75, 3.05) is 0 Å². The molecule has 0 unspecified atom stereocenters. The highest BCUT2D eigenvalue weighted by atomic mass is 32.2. The van der Waals surface area contributed by atoms with Gasteiger partial charge < -0.3 is 4.18 Å². The van der Waals surface area contributed by atoms with Crippen LogP contribution in [0.3, 0.4) is 0 Å². The third-order valence-corrected chi connectivity index (χ3v) is 2.39. The molecule has 0 spiro atoms. The molecule has 0 aliphatic rings. The van der Waals surface area contributed by atoms with Crippen molar-refractivity contribution in [1.82, 2.24) is 0 Å². The van der Waals surface area contributed by atoms with Gasteiger partial charge in [0.1, 0.15) is 5.75 Å². The Balaban J connectivity index is 2.28. The van der Waals surface area contributed by atoms with Gasteiger partial charge in [-0.3, -0.25) is 0 Å². The van der Waals surface area contributed by atoms with Crippen molar-refractivity contribution in [3.63, 3.8) is 0 Å². The van der Waals surface area contributed by atoms with Gasteiger partial charge in [-0.25, -0.2) is 4.21 Å². The summed E-state index contributed by atoms with van der Waals surface area (Å²) < 4.78 is 15.0. The molecule has 0 aliphatic heterocycles. The predicted octanol–water partition coefficient (Wildman–Crippen LogP) is 2.59. The average molecular weight is 218 g/mol. The molecule has 0 aliphatic carbocycles. The molecular formula is C12H10O2S. The molecule has 0 radical (unpaired) electrons. The van der Waals surface area contributed by atoms with E-state index in [9.17, 15) is 4.21 Å². The minimum atomic E-state index is -0.323. The fourth-order valence-corrected chi connectivity index (χ4v) is 1.59. The largest absolute Gasteiger partial charge is 0.403 e. The summed E-state index contributed by atoms with van der Waals surface area (Å²) in [5.41, 5.74) is 2.27. The van der Waals surface area contributed by atoms with Gasteiger partial charge in [0, 0.05) is 0 Å². The Bertz CT molecular complexity index is 437. The van der Waals surface area contributed by atoms with E-state index in [2.05, 4.69) is 0 Å². The molecule has 2 aromatic rings. The van der Waals surface area contributed by atoms with Gasteiger partial charge in [0.15, 0.2) is 11.9 Å². The van der Waals surface area contributed by atoms with E-state index in [0.29, 0.717) is 5.75 Å². The highest BCUT2D eigenvalue weighted by Crippen LogP contribution is 2.21. The Hall–Kier alpha value is -1.61.